The average molecular weight is 306 g/mol. The highest BCUT2D eigenvalue weighted by atomic mass is 16.3. The topological polar surface area (TPSA) is 32.3 Å². The van der Waals surface area contributed by atoms with Crippen molar-refractivity contribution < 1.29 is 5.11 Å². The Labute approximate surface area is 137 Å². The molecule has 2 rings (SSSR count). The maximum absolute atomic E-state index is 10.4. The fourth-order valence-corrected chi connectivity index (χ4v) is 2.72. The van der Waals surface area contributed by atoms with Crippen molar-refractivity contribution in [3.63, 3.8) is 0 Å². The molecule has 2 heteroatoms. The Morgan fingerprint density at radius 1 is 0.818 bits per heavy atom. The molecule has 0 saturated carbocycles. The quantitative estimate of drug-likeness (QED) is 0.702. The normalized spacial score (nSPS) is 16.0. The third-order valence-corrected chi connectivity index (χ3v) is 4.08. The zero-order valence-electron chi connectivity index (χ0n) is 15.6. The van der Waals surface area contributed by atoms with Crippen molar-refractivity contribution in [2.75, 3.05) is 13.1 Å². The minimum absolute atomic E-state index is 0.0178. The van der Waals surface area contributed by atoms with E-state index >= 15 is 0 Å². The van der Waals surface area contributed by atoms with Gasteiger partial charge in [0.15, 0.2) is 0 Å². The molecule has 0 bridgehead atoms. The second-order valence-corrected chi connectivity index (χ2v) is 8.52. The number of rotatable bonds is 0. The van der Waals surface area contributed by atoms with Crippen LogP contribution in [0.1, 0.15) is 77.5 Å². The number of nitrogens with one attached hydrogen (secondary N) is 1. The molecule has 1 aromatic carbocycles. The highest BCUT2D eigenvalue weighted by Gasteiger charge is 2.25. The van der Waals surface area contributed by atoms with Crippen molar-refractivity contribution in [2.24, 2.45) is 0 Å². The van der Waals surface area contributed by atoms with Gasteiger partial charge >= 0.3 is 0 Å². The van der Waals surface area contributed by atoms with E-state index in [0.29, 0.717) is 5.75 Å². The number of benzene rings is 1. The molecule has 1 aromatic rings. The first-order valence-corrected chi connectivity index (χ1v) is 8.59. The lowest BCUT2D eigenvalue weighted by molar-refractivity contribution is 0.423. The lowest BCUT2D eigenvalue weighted by Gasteiger charge is -2.27. The van der Waals surface area contributed by atoms with Gasteiger partial charge in [0.05, 0.1) is 0 Å². The van der Waals surface area contributed by atoms with E-state index in [1.165, 1.54) is 37.9 Å². The van der Waals surface area contributed by atoms with Crippen molar-refractivity contribution >= 4 is 0 Å². The van der Waals surface area contributed by atoms with Gasteiger partial charge in [-0.05, 0) is 54.8 Å². The van der Waals surface area contributed by atoms with E-state index < -0.39 is 0 Å². The van der Waals surface area contributed by atoms with Crippen LogP contribution in [-0.4, -0.2) is 18.2 Å². The number of hydrogen-bond donors (Lipinski definition) is 2. The molecule has 2 nitrogen and oxygen atoms in total. The summed E-state index contributed by atoms with van der Waals surface area (Å²) in [5.74, 6) is 0.464. The molecule has 1 saturated heterocycles. The Kier molecular flexibility index (Phi) is 6.49. The van der Waals surface area contributed by atoms with Gasteiger partial charge < -0.3 is 10.4 Å². The summed E-state index contributed by atoms with van der Waals surface area (Å²) in [6.45, 7) is 17.4. The summed E-state index contributed by atoms with van der Waals surface area (Å²) in [5, 5.41) is 13.7. The number of phenolic OH excluding ortho intramolecular Hbond substituents is 1. The Bertz CT molecular complexity index is 427. The molecule has 1 fully saturated rings. The summed E-state index contributed by atoms with van der Waals surface area (Å²) in [6, 6.07) is 4.18. The predicted molar refractivity (Wildman–Crippen MR) is 97.0 cm³/mol. The maximum Gasteiger partial charge on any atom is 0.123 e. The maximum atomic E-state index is 10.4. The van der Waals surface area contributed by atoms with Crippen LogP contribution in [0.2, 0.25) is 0 Å². The van der Waals surface area contributed by atoms with E-state index in [2.05, 4.69) is 65.9 Å². The van der Waals surface area contributed by atoms with Crippen LogP contribution in [0, 0.1) is 6.92 Å². The highest BCUT2D eigenvalue weighted by molar-refractivity contribution is 5.49. The second kappa shape index (κ2) is 7.50. The molecule has 0 spiro atoms. The van der Waals surface area contributed by atoms with Gasteiger partial charge in [0.25, 0.3) is 0 Å². The van der Waals surface area contributed by atoms with Crippen molar-refractivity contribution in [3.05, 3.63) is 28.8 Å². The van der Waals surface area contributed by atoms with E-state index in [9.17, 15) is 5.11 Å². The van der Waals surface area contributed by atoms with Crippen LogP contribution in [0.15, 0.2) is 12.1 Å². The predicted octanol–water partition coefficient (Wildman–Crippen LogP) is 5.06. The summed E-state index contributed by atoms with van der Waals surface area (Å²) in [4.78, 5) is 0. The van der Waals surface area contributed by atoms with E-state index in [0.717, 1.165) is 11.1 Å². The molecule has 1 aliphatic heterocycles. The molecular weight excluding hydrogens is 270 g/mol. The highest BCUT2D eigenvalue weighted by Crippen LogP contribution is 2.39. The molecule has 0 unspecified atom stereocenters. The molecule has 1 heterocycles. The number of aryl methyl sites for hydroxylation is 1. The SMILES string of the molecule is C1CCNCC1.Cc1cc(C(C)(C)C)c(O)c(C(C)(C)C)c1. The largest absolute Gasteiger partial charge is 0.507 e. The van der Waals surface area contributed by atoms with E-state index in [1.807, 2.05) is 0 Å². The molecule has 0 amide bonds. The van der Waals surface area contributed by atoms with Crippen LogP contribution in [0.3, 0.4) is 0 Å². The smallest absolute Gasteiger partial charge is 0.123 e. The van der Waals surface area contributed by atoms with Gasteiger partial charge in [0.2, 0.25) is 0 Å². The summed E-state index contributed by atoms with van der Waals surface area (Å²) >= 11 is 0. The van der Waals surface area contributed by atoms with Crippen molar-refractivity contribution in [1.82, 2.24) is 5.32 Å². The standard InChI is InChI=1S/C15H24O.C5H11N/c1-10-8-11(14(2,3)4)13(16)12(9-10)15(5,6)7;1-2-4-6-5-3-1/h8-9,16H,1-7H3;6H,1-5H2. The van der Waals surface area contributed by atoms with E-state index in [4.69, 9.17) is 0 Å². The van der Waals surface area contributed by atoms with Crippen molar-refractivity contribution in [1.29, 1.82) is 0 Å². The molecule has 1 aliphatic rings. The Morgan fingerprint density at radius 3 is 1.45 bits per heavy atom. The number of aromatic hydroxyl groups is 1. The van der Waals surface area contributed by atoms with E-state index in [-0.39, 0.29) is 10.8 Å². The summed E-state index contributed by atoms with van der Waals surface area (Å²) in [6.07, 6.45) is 4.22. The second-order valence-electron chi connectivity index (χ2n) is 8.52. The lowest BCUT2D eigenvalue weighted by Crippen LogP contribution is -2.21. The van der Waals surface area contributed by atoms with Crippen LogP contribution in [0.5, 0.6) is 5.75 Å². The van der Waals surface area contributed by atoms with Gasteiger partial charge in [0.1, 0.15) is 5.75 Å². The third-order valence-electron chi connectivity index (χ3n) is 4.08. The van der Waals surface area contributed by atoms with Gasteiger partial charge in [-0.3, -0.25) is 0 Å². The first-order valence-electron chi connectivity index (χ1n) is 8.59. The fourth-order valence-electron chi connectivity index (χ4n) is 2.72. The molecule has 0 atom stereocenters. The molecule has 22 heavy (non-hydrogen) atoms. The first kappa shape index (κ1) is 19.0. The van der Waals surface area contributed by atoms with Crippen LogP contribution in [0.25, 0.3) is 0 Å². The van der Waals surface area contributed by atoms with Crippen LogP contribution in [0.4, 0.5) is 0 Å². The Balaban J connectivity index is 0.000000335. The summed E-state index contributed by atoms with van der Waals surface area (Å²) < 4.78 is 0. The lowest BCUT2D eigenvalue weighted by atomic mass is 9.78. The van der Waals surface area contributed by atoms with Crippen molar-refractivity contribution in [3.8, 4) is 5.75 Å². The van der Waals surface area contributed by atoms with Crippen molar-refractivity contribution in [2.45, 2.75) is 78.6 Å². The van der Waals surface area contributed by atoms with E-state index in [1.54, 1.807) is 0 Å². The Morgan fingerprint density at radius 2 is 1.23 bits per heavy atom. The van der Waals surface area contributed by atoms with Gasteiger partial charge in [0, 0.05) is 0 Å². The van der Waals surface area contributed by atoms with Crippen LogP contribution < -0.4 is 5.32 Å². The molecule has 0 aromatic heterocycles. The monoisotopic (exact) mass is 305 g/mol. The summed E-state index contributed by atoms with van der Waals surface area (Å²) in [5.41, 5.74) is 3.26. The first-order chi connectivity index (χ1) is 10.0. The molecule has 0 aliphatic carbocycles. The minimum atomic E-state index is -0.0178. The third kappa shape index (κ3) is 5.64. The number of phenols is 1. The zero-order chi connectivity index (χ0) is 17.0. The number of hydrogen-bond acceptors (Lipinski definition) is 2. The minimum Gasteiger partial charge on any atom is -0.507 e. The van der Waals surface area contributed by atoms with Gasteiger partial charge in [-0.1, -0.05) is 65.7 Å². The Hall–Kier alpha value is -1.02. The molecule has 0 radical (unpaired) electrons. The van der Waals surface area contributed by atoms with Gasteiger partial charge in [-0.25, -0.2) is 0 Å². The zero-order valence-corrected chi connectivity index (χ0v) is 15.6. The number of piperidine rings is 1. The molecule has 2 N–H and O–H groups in total. The van der Waals surface area contributed by atoms with Gasteiger partial charge in [-0.2, -0.15) is 0 Å². The molecule has 126 valence electrons. The van der Waals surface area contributed by atoms with Crippen LogP contribution >= 0.6 is 0 Å². The summed E-state index contributed by atoms with van der Waals surface area (Å²) in [7, 11) is 0. The van der Waals surface area contributed by atoms with Gasteiger partial charge in [-0.15, -0.1) is 0 Å². The molecular formula is C20H35NO. The average Bonchev–Trinajstić information content (AvgIpc) is 2.41. The van der Waals surface area contributed by atoms with Crippen LogP contribution in [-0.2, 0) is 10.8 Å². The fraction of sp³-hybridized carbons (Fsp3) is 0.700.